The van der Waals surface area contributed by atoms with Gasteiger partial charge in [0, 0.05) is 43.0 Å². The number of rotatable bonds is 2. The predicted octanol–water partition coefficient (Wildman–Crippen LogP) is 2.05. The van der Waals surface area contributed by atoms with Gasteiger partial charge >= 0.3 is 0 Å². The number of aryl methyl sites for hydroxylation is 1. The van der Waals surface area contributed by atoms with Gasteiger partial charge in [-0.1, -0.05) is 5.16 Å². The SMILES string of the molecule is Cc1cc2nccc(C3CCN(C(=O)c4ccno4)CC3)n2n1. The summed E-state index contributed by atoms with van der Waals surface area (Å²) < 4.78 is 6.88. The maximum Gasteiger partial charge on any atom is 0.292 e. The summed E-state index contributed by atoms with van der Waals surface area (Å²) in [4.78, 5) is 18.5. The van der Waals surface area contributed by atoms with E-state index in [1.165, 1.54) is 6.20 Å². The molecule has 0 atom stereocenters. The van der Waals surface area contributed by atoms with Gasteiger partial charge in [-0.25, -0.2) is 9.50 Å². The number of nitrogens with zero attached hydrogens (tertiary/aromatic N) is 5. The number of fused-ring (bicyclic) bond motifs is 1. The van der Waals surface area contributed by atoms with Crippen LogP contribution in [0.15, 0.2) is 35.1 Å². The van der Waals surface area contributed by atoms with Crippen LogP contribution in [0.5, 0.6) is 0 Å². The van der Waals surface area contributed by atoms with Crippen LogP contribution in [0.1, 0.15) is 40.7 Å². The van der Waals surface area contributed by atoms with Gasteiger partial charge in [0.05, 0.1) is 11.9 Å². The molecule has 3 aromatic rings. The van der Waals surface area contributed by atoms with Gasteiger partial charge in [-0.15, -0.1) is 0 Å². The Labute approximate surface area is 132 Å². The highest BCUT2D eigenvalue weighted by molar-refractivity contribution is 5.91. The molecule has 118 valence electrons. The molecule has 7 heteroatoms. The van der Waals surface area contributed by atoms with Crippen LogP contribution < -0.4 is 0 Å². The molecule has 1 aliphatic heterocycles. The second-order valence-electron chi connectivity index (χ2n) is 5.87. The fourth-order valence-electron chi connectivity index (χ4n) is 3.20. The number of likely N-dealkylation sites (tertiary alicyclic amines) is 1. The third-order valence-corrected chi connectivity index (χ3v) is 4.36. The zero-order valence-corrected chi connectivity index (χ0v) is 12.8. The molecular weight excluding hydrogens is 294 g/mol. The standard InChI is InChI=1S/C16H17N5O2/c1-11-10-15-17-6-2-13(21(15)19-11)12-4-8-20(9-5-12)16(22)14-3-7-18-23-14/h2-3,6-7,10,12H,4-5,8-9H2,1H3. The number of piperidine rings is 1. The molecule has 3 aromatic heterocycles. The Balaban J connectivity index is 1.52. The van der Waals surface area contributed by atoms with Crippen molar-refractivity contribution in [2.75, 3.05) is 13.1 Å². The summed E-state index contributed by atoms with van der Waals surface area (Å²) in [5.41, 5.74) is 3.00. The van der Waals surface area contributed by atoms with Crippen LogP contribution in [0.25, 0.3) is 5.65 Å². The van der Waals surface area contributed by atoms with Crippen molar-refractivity contribution in [2.24, 2.45) is 0 Å². The van der Waals surface area contributed by atoms with Crippen molar-refractivity contribution in [1.29, 1.82) is 0 Å². The molecule has 0 N–H and O–H groups in total. The maximum atomic E-state index is 12.3. The molecule has 0 radical (unpaired) electrons. The van der Waals surface area contributed by atoms with Crippen molar-refractivity contribution in [3.63, 3.8) is 0 Å². The zero-order valence-electron chi connectivity index (χ0n) is 12.8. The minimum absolute atomic E-state index is 0.0873. The van der Waals surface area contributed by atoms with Gasteiger partial charge < -0.3 is 9.42 Å². The smallest absolute Gasteiger partial charge is 0.292 e. The van der Waals surface area contributed by atoms with Crippen molar-refractivity contribution in [1.82, 2.24) is 24.7 Å². The minimum atomic E-state index is -0.0873. The second kappa shape index (κ2) is 5.49. The van der Waals surface area contributed by atoms with Gasteiger partial charge in [-0.2, -0.15) is 5.10 Å². The summed E-state index contributed by atoms with van der Waals surface area (Å²) in [6.45, 7) is 3.37. The number of amides is 1. The van der Waals surface area contributed by atoms with E-state index in [-0.39, 0.29) is 5.91 Å². The fourth-order valence-corrected chi connectivity index (χ4v) is 3.20. The first-order valence-electron chi connectivity index (χ1n) is 7.73. The average molecular weight is 311 g/mol. The van der Waals surface area contributed by atoms with Crippen molar-refractivity contribution < 1.29 is 9.32 Å². The number of carbonyl (C=O) groups excluding carboxylic acids is 1. The maximum absolute atomic E-state index is 12.3. The van der Waals surface area contributed by atoms with E-state index < -0.39 is 0 Å². The molecule has 1 fully saturated rings. The summed E-state index contributed by atoms with van der Waals surface area (Å²) in [5.74, 6) is 0.590. The van der Waals surface area contributed by atoms with E-state index in [0.717, 1.165) is 29.9 Å². The summed E-state index contributed by atoms with van der Waals surface area (Å²) in [6.07, 6.45) is 5.13. The molecule has 1 amide bonds. The van der Waals surface area contributed by atoms with Crippen LogP contribution in [0.3, 0.4) is 0 Å². The van der Waals surface area contributed by atoms with Crippen LogP contribution in [0.2, 0.25) is 0 Å². The van der Waals surface area contributed by atoms with Crippen LogP contribution >= 0.6 is 0 Å². The minimum Gasteiger partial charge on any atom is -0.351 e. The number of aromatic nitrogens is 4. The Morgan fingerprint density at radius 1 is 1.26 bits per heavy atom. The zero-order chi connectivity index (χ0) is 15.8. The van der Waals surface area contributed by atoms with E-state index >= 15 is 0 Å². The van der Waals surface area contributed by atoms with Gasteiger partial charge in [-0.05, 0) is 25.8 Å². The quantitative estimate of drug-likeness (QED) is 0.724. The summed E-state index contributed by atoms with van der Waals surface area (Å²) >= 11 is 0. The Hall–Kier alpha value is -2.70. The normalized spacial score (nSPS) is 16.1. The molecule has 4 rings (SSSR count). The van der Waals surface area contributed by atoms with Crippen molar-refractivity contribution in [3.05, 3.63) is 47.7 Å². The molecular formula is C16H17N5O2. The number of carbonyl (C=O) groups is 1. The first-order valence-corrected chi connectivity index (χ1v) is 7.73. The van der Waals surface area contributed by atoms with E-state index in [1.54, 1.807) is 6.07 Å². The monoisotopic (exact) mass is 311 g/mol. The molecule has 0 unspecified atom stereocenters. The third-order valence-electron chi connectivity index (χ3n) is 4.36. The Morgan fingerprint density at radius 2 is 2.09 bits per heavy atom. The van der Waals surface area contributed by atoms with Crippen LogP contribution in [0, 0.1) is 6.92 Å². The van der Waals surface area contributed by atoms with Gasteiger partial charge in [0.1, 0.15) is 0 Å². The summed E-state index contributed by atoms with van der Waals surface area (Å²) in [5, 5.41) is 8.13. The molecule has 0 bridgehead atoms. The Bertz CT molecular complexity index is 831. The van der Waals surface area contributed by atoms with Crippen molar-refractivity contribution >= 4 is 11.6 Å². The topological polar surface area (TPSA) is 76.5 Å². The summed E-state index contributed by atoms with van der Waals surface area (Å²) in [7, 11) is 0. The molecule has 0 saturated carbocycles. The van der Waals surface area contributed by atoms with Gasteiger partial charge in [0.25, 0.3) is 5.91 Å². The molecule has 4 heterocycles. The van der Waals surface area contributed by atoms with Gasteiger partial charge in [-0.3, -0.25) is 4.79 Å². The molecule has 0 spiro atoms. The first kappa shape index (κ1) is 13.9. The molecule has 0 aliphatic carbocycles. The molecule has 1 saturated heterocycles. The Kier molecular flexibility index (Phi) is 3.33. The van der Waals surface area contributed by atoms with E-state index in [1.807, 2.05) is 34.7 Å². The number of hydrogen-bond acceptors (Lipinski definition) is 5. The summed E-state index contributed by atoms with van der Waals surface area (Å²) in [6, 6.07) is 5.61. The Morgan fingerprint density at radius 3 is 2.83 bits per heavy atom. The van der Waals surface area contributed by atoms with Crippen LogP contribution in [0.4, 0.5) is 0 Å². The lowest BCUT2D eigenvalue weighted by atomic mass is 9.93. The van der Waals surface area contributed by atoms with Crippen LogP contribution in [-0.4, -0.2) is 43.7 Å². The van der Waals surface area contributed by atoms with E-state index in [4.69, 9.17) is 4.52 Å². The molecule has 23 heavy (non-hydrogen) atoms. The largest absolute Gasteiger partial charge is 0.351 e. The second-order valence-corrected chi connectivity index (χ2v) is 5.87. The van der Waals surface area contributed by atoms with E-state index in [9.17, 15) is 4.79 Å². The lowest BCUT2D eigenvalue weighted by Crippen LogP contribution is -2.38. The lowest BCUT2D eigenvalue weighted by molar-refractivity contribution is 0.0669. The highest BCUT2D eigenvalue weighted by atomic mass is 16.5. The third kappa shape index (κ3) is 2.48. The fraction of sp³-hybridized carbons (Fsp3) is 0.375. The molecule has 7 nitrogen and oxygen atoms in total. The number of hydrogen-bond donors (Lipinski definition) is 0. The molecule has 1 aliphatic rings. The molecule has 0 aromatic carbocycles. The van der Waals surface area contributed by atoms with Crippen molar-refractivity contribution in [2.45, 2.75) is 25.7 Å². The van der Waals surface area contributed by atoms with Gasteiger partial charge in [0.15, 0.2) is 5.65 Å². The highest BCUT2D eigenvalue weighted by Crippen LogP contribution is 2.28. The van der Waals surface area contributed by atoms with E-state index in [2.05, 4.69) is 15.2 Å². The van der Waals surface area contributed by atoms with E-state index in [0.29, 0.717) is 24.8 Å². The predicted molar refractivity (Wildman–Crippen MR) is 82.1 cm³/mol. The highest BCUT2D eigenvalue weighted by Gasteiger charge is 2.27. The first-order chi connectivity index (χ1) is 11.2. The average Bonchev–Trinajstić information content (AvgIpc) is 3.22. The lowest BCUT2D eigenvalue weighted by Gasteiger charge is -2.31. The van der Waals surface area contributed by atoms with Crippen LogP contribution in [-0.2, 0) is 0 Å². The van der Waals surface area contributed by atoms with Gasteiger partial charge in [0.2, 0.25) is 5.76 Å². The van der Waals surface area contributed by atoms with Crippen molar-refractivity contribution in [3.8, 4) is 0 Å².